The molecule has 1 saturated heterocycles. The van der Waals surface area contributed by atoms with Crippen molar-refractivity contribution in [3.63, 3.8) is 0 Å². The summed E-state index contributed by atoms with van der Waals surface area (Å²) in [4.78, 5) is 0.0911. The average Bonchev–Trinajstić information content (AvgIpc) is 3.43. The highest BCUT2D eigenvalue weighted by molar-refractivity contribution is 7.89. The fraction of sp³-hybridized carbons (Fsp3) is 0.400. The second-order valence-electron chi connectivity index (χ2n) is 7.35. The first-order chi connectivity index (χ1) is 15.1. The largest absolute Gasteiger partial charge is 0.490 e. The zero-order valence-electron chi connectivity index (χ0n) is 16.6. The highest BCUT2D eigenvalue weighted by Gasteiger charge is 2.34. The van der Waals surface area contributed by atoms with Gasteiger partial charge in [0.15, 0.2) is 23.0 Å². The van der Waals surface area contributed by atoms with E-state index in [1.165, 1.54) is 10.4 Å². The first-order valence-corrected chi connectivity index (χ1v) is 11.3. The van der Waals surface area contributed by atoms with Gasteiger partial charge in [-0.15, -0.1) is 0 Å². The Morgan fingerprint density at radius 1 is 1.00 bits per heavy atom. The number of fused-ring (bicyclic) bond motifs is 2. The van der Waals surface area contributed by atoms with Crippen LogP contribution in [0.1, 0.15) is 18.4 Å². The molecule has 10 nitrogen and oxygen atoms in total. The summed E-state index contributed by atoms with van der Waals surface area (Å²) in [6.07, 6.45) is 0.986. The van der Waals surface area contributed by atoms with Crippen molar-refractivity contribution >= 4 is 10.0 Å². The molecule has 2 aromatic carbocycles. The third-order valence-corrected chi connectivity index (χ3v) is 7.50. The minimum Gasteiger partial charge on any atom is -0.490 e. The lowest BCUT2D eigenvalue weighted by atomic mass is 10.1. The van der Waals surface area contributed by atoms with Crippen LogP contribution in [0.25, 0.3) is 0 Å². The first-order valence-electron chi connectivity index (χ1n) is 9.91. The summed E-state index contributed by atoms with van der Waals surface area (Å²) in [7, 11) is -3.79. The zero-order chi connectivity index (χ0) is 21.4. The maximum Gasteiger partial charge on any atom is 0.243 e. The van der Waals surface area contributed by atoms with Crippen molar-refractivity contribution in [2.45, 2.75) is 30.4 Å². The van der Waals surface area contributed by atoms with Crippen LogP contribution in [0.2, 0.25) is 0 Å². The van der Waals surface area contributed by atoms with Gasteiger partial charge in [0.05, 0.1) is 11.4 Å². The summed E-state index contributed by atoms with van der Waals surface area (Å²) < 4.78 is 55.5. The van der Waals surface area contributed by atoms with Crippen LogP contribution in [0.3, 0.4) is 0 Å². The molecule has 0 aliphatic carbocycles. The van der Waals surface area contributed by atoms with Crippen molar-refractivity contribution in [1.82, 2.24) is 9.79 Å². The third kappa shape index (κ3) is 3.74. The lowest BCUT2D eigenvalue weighted by Gasteiger charge is -2.32. The Bertz CT molecular complexity index is 1080. The second kappa shape index (κ2) is 8.08. The van der Waals surface area contributed by atoms with Gasteiger partial charge in [0, 0.05) is 24.7 Å². The van der Waals surface area contributed by atoms with Gasteiger partial charge in [0.2, 0.25) is 23.6 Å². The van der Waals surface area contributed by atoms with Crippen LogP contribution in [-0.2, 0) is 16.6 Å². The number of sulfonamides is 1. The number of nitrogens with zero attached hydrogens (tertiary/aromatic N) is 1. The Morgan fingerprint density at radius 2 is 1.71 bits per heavy atom. The number of ether oxygens (including phenoxy) is 5. The number of rotatable bonds is 6. The topological polar surface area (TPSA) is 116 Å². The minimum atomic E-state index is -3.79. The molecule has 3 aliphatic rings. The van der Waals surface area contributed by atoms with E-state index in [0.717, 1.165) is 0 Å². The van der Waals surface area contributed by atoms with E-state index in [-0.39, 0.29) is 31.1 Å². The minimum absolute atomic E-state index is 0.0137. The van der Waals surface area contributed by atoms with Crippen molar-refractivity contribution in [2.24, 2.45) is 0 Å². The molecule has 3 aliphatic heterocycles. The lowest BCUT2D eigenvalue weighted by molar-refractivity contribution is 0.134. The van der Waals surface area contributed by atoms with Gasteiger partial charge >= 0.3 is 0 Å². The van der Waals surface area contributed by atoms with Gasteiger partial charge in [0.25, 0.3) is 0 Å². The number of benzene rings is 2. The number of nitrogens with one attached hydrogen (secondary N) is 1. The van der Waals surface area contributed by atoms with E-state index in [1.54, 1.807) is 18.2 Å². The number of hydroxylamine groups is 1. The molecule has 2 N–H and O–H groups in total. The van der Waals surface area contributed by atoms with Crippen LogP contribution in [0.15, 0.2) is 35.2 Å². The molecule has 2 aromatic rings. The number of hydrogen-bond acceptors (Lipinski definition) is 9. The van der Waals surface area contributed by atoms with Crippen molar-refractivity contribution in [3.8, 4) is 28.7 Å². The van der Waals surface area contributed by atoms with Crippen LogP contribution < -0.4 is 29.2 Å². The van der Waals surface area contributed by atoms with Crippen molar-refractivity contribution in [1.29, 1.82) is 0 Å². The fourth-order valence-corrected chi connectivity index (χ4v) is 5.66. The summed E-state index contributed by atoms with van der Waals surface area (Å²) in [5, 5.41) is 9.20. The smallest absolute Gasteiger partial charge is 0.243 e. The predicted molar refractivity (Wildman–Crippen MR) is 106 cm³/mol. The summed E-state index contributed by atoms with van der Waals surface area (Å²) in [5.41, 5.74) is 2.37. The van der Waals surface area contributed by atoms with Gasteiger partial charge in [-0.3, -0.25) is 0 Å². The third-order valence-electron chi connectivity index (χ3n) is 5.52. The van der Waals surface area contributed by atoms with E-state index in [4.69, 9.17) is 23.7 Å². The van der Waals surface area contributed by atoms with Crippen LogP contribution in [-0.4, -0.2) is 50.7 Å². The molecule has 0 saturated carbocycles. The first kappa shape index (κ1) is 20.2. The van der Waals surface area contributed by atoms with Gasteiger partial charge in [-0.05, 0) is 37.1 Å². The van der Waals surface area contributed by atoms with Crippen LogP contribution in [0.5, 0.6) is 28.7 Å². The fourth-order valence-electron chi connectivity index (χ4n) is 3.97. The van der Waals surface area contributed by atoms with E-state index in [0.29, 0.717) is 60.2 Å². The van der Waals surface area contributed by atoms with Crippen molar-refractivity contribution in [3.05, 3.63) is 35.9 Å². The Hall–Kier alpha value is -2.73. The summed E-state index contributed by atoms with van der Waals surface area (Å²) in [5.74, 6) is 2.79. The molecule has 1 fully saturated rings. The summed E-state index contributed by atoms with van der Waals surface area (Å²) in [6.45, 7) is 0.767. The highest BCUT2D eigenvalue weighted by atomic mass is 32.2. The molecule has 0 atom stereocenters. The Balaban J connectivity index is 1.29. The van der Waals surface area contributed by atoms with E-state index in [9.17, 15) is 13.6 Å². The molecule has 3 heterocycles. The lowest BCUT2D eigenvalue weighted by Crippen LogP contribution is -2.42. The van der Waals surface area contributed by atoms with E-state index >= 15 is 0 Å². The second-order valence-corrected chi connectivity index (χ2v) is 9.25. The molecule has 0 radical (unpaired) electrons. The average molecular weight is 450 g/mol. The molecule has 0 aromatic heterocycles. The molecular weight excluding hydrogens is 428 g/mol. The molecule has 0 amide bonds. The molecule has 0 spiro atoms. The Kier molecular flexibility index (Phi) is 5.26. The van der Waals surface area contributed by atoms with E-state index in [1.807, 2.05) is 11.5 Å². The van der Waals surface area contributed by atoms with Gasteiger partial charge in [-0.2, -0.15) is 4.31 Å². The van der Waals surface area contributed by atoms with Gasteiger partial charge < -0.3 is 28.9 Å². The van der Waals surface area contributed by atoms with Crippen LogP contribution >= 0.6 is 0 Å². The van der Waals surface area contributed by atoms with Gasteiger partial charge in [0.1, 0.15) is 11.9 Å². The van der Waals surface area contributed by atoms with Gasteiger partial charge in [-0.1, -0.05) is 0 Å². The number of hydrogen-bond donors (Lipinski definition) is 2. The molecule has 31 heavy (non-hydrogen) atoms. The molecule has 0 unspecified atom stereocenters. The zero-order valence-corrected chi connectivity index (χ0v) is 17.4. The summed E-state index contributed by atoms with van der Waals surface area (Å²) >= 11 is 0. The van der Waals surface area contributed by atoms with Crippen molar-refractivity contribution < 1.29 is 37.3 Å². The van der Waals surface area contributed by atoms with E-state index < -0.39 is 10.0 Å². The van der Waals surface area contributed by atoms with Crippen molar-refractivity contribution in [2.75, 3.05) is 26.7 Å². The molecule has 5 rings (SSSR count). The normalized spacial score (nSPS) is 18.4. The molecule has 11 heteroatoms. The Labute approximate surface area is 179 Å². The van der Waals surface area contributed by atoms with Gasteiger partial charge in [-0.25, -0.2) is 13.9 Å². The summed E-state index contributed by atoms with van der Waals surface area (Å²) in [6, 6.07) is 8.47. The molecule has 0 bridgehead atoms. The quantitative estimate of drug-likeness (QED) is 0.636. The SMILES string of the molecule is O=S(=O)(c1ccc2c(c1CNO)OCO2)N1CCC(Oc2ccc3c(c2)OCO3)CC1. The van der Waals surface area contributed by atoms with Crippen LogP contribution in [0, 0.1) is 0 Å². The van der Waals surface area contributed by atoms with E-state index in [2.05, 4.69) is 0 Å². The standard InChI is InChI=1S/C20H22N2O8S/c23-21-10-15-19(4-3-17-20(15)29-12-27-17)31(24,25)22-7-5-13(6-8-22)30-14-1-2-16-18(9-14)28-11-26-16/h1-4,9,13,21,23H,5-8,10-12H2. The monoisotopic (exact) mass is 450 g/mol. The molecule has 166 valence electrons. The number of piperidine rings is 1. The van der Waals surface area contributed by atoms with Crippen LogP contribution in [0.4, 0.5) is 0 Å². The maximum atomic E-state index is 13.3. The molecular formula is C20H22N2O8S. The maximum absolute atomic E-state index is 13.3. The Morgan fingerprint density at radius 3 is 2.52 bits per heavy atom. The highest BCUT2D eigenvalue weighted by Crippen LogP contribution is 2.40. The predicted octanol–water partition coefficient (Wildman–Crippen LogP) is 1.85.